The molecule has 0 saturated carbocycles. The van der Waals surface area contributed by atoms with Crippen molar-refractivity contribution in [2.45, 2.75) is 44.9 Å². The van der Waals surface area contributed by atoms with E-state index in [1.165, 1.54) is 0 Å². The molecule has 2 saturated heterocycles. The Morgan fingerprint density at radius 1 is 1.13 bits per heavy atom. The van der Waals surface area contributed by atoms with Crippen LogP contribution in [0.3, 0.4) is 0 Å². The molecule has 10 heteroatoms. The monoisotopic (exact) mass is 542 g/mol. The zero-order chi connectivity index (χ0) is 27.7. The maximum Gasteiger partial charge on any atom is 0.416 e. The molecule has 3 aromatic rings. The Morgan fingerprint density at radius 3 is 2.54 bits per heavy atom. The van der Waals surface area contributed by atoms with Crippen LogP contribution in [0.15, 0.2) is 53.1 Å². The Labute approximate surface area is 226 Å². The van der Waals surface area contributed by atoms with Gasteiger partial charge in [0.25, 0.3) is 0 Å². The molecule has 0 N–H and O–H groups in total. The van der Waals surface area contributed by atoms with Crippen molar-refractivity contribution in [2.24, 2.45) is 0 Å². The largest absolute Gasteiger partial charge is 0.496 e. The molecule has 1 amide bonds. The second-order valence-corrected chi connectivity index (χ2v) is 10.3. The molecule has 5 rings (SSSR count). The number of halogens is 3. The van der Waals surface area contributed by atoms with Gasteiger partial charge in [-0.1, -0.05) is 12.1 Å². The minimum Gasteiger partial charge on any atom is -0.496 e. The third-order valence-corrected chi connectivity index (χ3v) is 7.71. The summed E-state index contributed by atoms with van der Waals surface area (Å²) in [5, 5.41) is 0. The first kappa shape index (κ1) is 27.1. The molecule has 1 unspecified atom stereocenters. The number of ether oxygens (including phenoxy) is 1. The SMILES string of the molecule is COc1cc(N2CCN(C(=O)CN3CCCC3c3ccc(C(F)(F)F)cc3)C[C@@H]2C)ccc1-c1cnc(C)o1. The predicted molar refractivity (Wildman–Crippen MR) is 142 cm³/mol. The summed E-state index contributed by atoms with van der Waals surface area (Å²) in [6.45, 7) is 6.77. The predicted octanol–water partition coefficient (Wildman–Crippen LogP) is 5.55. The van der Waals surface area contributed by atoms with Crippen molar-refractivity contribution in [2.75, 3.05) is 44.7 Å². The average Bonchev–Trinajstić information content (AvgIpc) is 3.56. The number of alkyl halides is 3. The number of anilines is 1. The van der Waals surface area contributed by atoms with E-state index >= 15 is 0 Å². The number of benzene rings is 2. The quantitative estimate of drug-likeness (QED) is 0.407. The van der Waals surface area contributed by atoms with Gasteiger partial charge in [-0.25, -0.2) is 4.98 Å². The number of piperazine rings is 1. The fourth-order valence-corrected chi connectivity index (χ4v) is 5.68. The van der Waals surface area contributed by atoms with E-state index in [0.29, 0.717) is 37.0 Å². The van der Waals surface area contributed by atoms with Crippen molar-refractivity contribution in [3.63, 3.8) is 0 Å². The summed E-state index contributed by atoms with van der Waals surface area (Å²) in [6.07, 6.45) is -0.933. The van der Waals surface area contributed by atoms with Crippen LogP contribution in [0, 0.1) is 6.92 Å². The number of likely N-dealkylation sites (tertiary alicyclic amines) is 1. The van der Waals surface area contributed by atoms with Gasteiger partial charge in [0.15, 0.2) is 11.7 Å². The second kappa shape index (κ2) is 10.9. The number of methoxy groups -OCH3 is 1. The standard InChI is InChI=1S/C29H33F3N4O3/c1-19-17-35(13-14-36(19)23-10-11-24(26(15-23)38-3)27-16-33-20(2)39-27)28(37)18-34-12-4-5-25(34)21-6-8-22(9-7-21)29(30,31)32/h6-11,15-16,19,25H,4-5,12-14,17-18H2,1-3H3/t19-,25?/m0/s1. The highest BCUT2D eigenvalue weighted by atomic mass is 19.4. The van der Waals surface area contributed by atoms with E-state index in [9.17, 15) is 18.0 Å². The Morgan fingerprint density at radius 2 is 1.90 bits per heavy atom. The lowest BCUT2D eigenvalue weighted by atomic mass is 10.0. The highest BCUT2D eigenvalue weighted by Gasteiger charge is 2.34. The lowest BCUT2D eigenvalue weighted by Crippen LogP contribution is -2.55. The molecule has 2 aliphatic heterocycles. The fourth-order valence-electron chi connectivity index (χ4n) is 5.68. The summed E-state index contributed by atoms with van der Waals surface area (Å²) < 4.78 is 50.2. The number of aryl methyl sites for hydroxylation is 1. The molecule has 1 aromatic heterocycles. The van der Waals surface area contributed by atoms with Crippen LogP contribution in [0.25, 0.3) is 11.3 Å². The molecule has 0 aliphatic carbocycles. The third-order valence-electron chi connectivity index (χ3n) is 7.71. The van der Waals surface area contributed by atoms with Crippen molar-refractivity contribution >= 4 is 11.6 Å². The molecule has 7 nitrogen and oxygen atoms in total. The van der Waals surface area contributed by atoms with Crippen molar-refractivity contribution in [1.82, 2.24) is 14.8 Å². The molecular formula is C29H33F3N4O3. The van der Waals surface area contributed by atoms with Crippen LogP contribution in [-0.2, 0) is 11.0 Å². The molecule has 0 bridgehead atoms. The van der Waals surface area contributed by atoms with Crippen LogP contribution in [0.5, 0.6) is 5.75 Å². The molecule has 208 valence electrons. The van der Waals surface area contributed by atoms with E-state index in [1.54, 1.807) is 32.4 Å². The van der Waals surface area contributed by atoms with Crippen LogP contribution >= 0.6 is 0 Å². The van der Waals surface area contributed by atoms with Crippen LogP contribution in [0.4, 0.5) is 18.9 Å². The molecule has 39 heavy (non-hydrogen) atoms. The first-order valence-corrected chi connectivity index (χ1v) is 13.2. The number of rotatable bonds is 6. The normalized spacial score (nSPS) is 20.5. The van der Waals surface area contributed by atoms with E-state index in [4.69, 9.17) is 9.15 Å². The average molecular weight is 543 g/mol. The highest BCUT2D eigenvalue weighted by molar-refractivity contribution is 5.79. The van der Waals surface area contributed by atoms with E-state index in [-0.39, 0.29) is 24.5 Å². The number of hydrogen-bond acceptors (Lipinski definition) is 6. The Kier molecular flexibility index (Phi) is 7.57. The summed E-state index contributed by atoms with van der Waals surface area (Å²) in [5.41, 5.74) is 2.01. The van der Waals surface area contributed by atoms with Gasteiger partial charge in [0.2, 0.25) is 5.91 Å². The molecular weight excluding hydrogens is 509 g/mol. The summed E-state index contributed by atoms with van der Waals surface area (Å²) >= 11 is 0. The zero-order valence-electron chi connectivity index (χ0n) is 22.4. The number of carbonyl (C=O) groups is 1. The summed E-state index contributed by atoms with van der Waals surface area (Å²) in [4.78, 5) is 23.7. The van der Waals surface area contributed by atoms with Crippen LogP contribution < -0.4 is 9.64 Å². The van der Waals surface area contributed by atoms with Crippen LogP contribution in [0.1, 0.15) is 42.8 Å². The maximum atomic E-state index is 13.3. The van der Waals surface area contributed by atoms with Gasteiger partial charge < -0.3 is 19.0 Å². The maximum absolute atomic E-state index is 13.3. The van der Waals surface area contributed by atoms with Gasteiger partial charge in [-0.3, -0.25) is 9.69 Å². The lowest BCUT2D eigenvalue weighted by Gasteiger charge is -2.42. The van der Waals surface area contributed by atoms with Crippen LogP contribution in [-0.4, -0.2) is 66.6 Å². The van der Waals surface area contributed by atoms with Gasteiger partial charge in [-0.2, -0.15) is 13.2 Å². The number of oxazole rings is 1. The smallest absolute Gasteiger partial charge is 0.416 e. The van der Waals surface area contributed by atoms with Gasteiger partial charge in [0, 0.05) is 50.4 Å². The van der Waals surface area contributed by atoms with Gasteiger partial charge in [0.1, 0.15) is 5.75 Å². The topological polar surface area (TPSA) is 62.1 Å². The van der Waals surface area contributed by atoms with E-state index in [0.717, 1.165) is 48.3 Å². The molecule has 2 fully saturated rings. The molecule has 0 radical (unpaired) electrons. The number of amides is 1. The summed E-state index contributed by atoms with van der Waals surface area (Å²) in [6, 6.07) is 11.4. The van der Waals surface area contributed by atoms with E-state index in [2.05, 4.69) is 21.7 Å². The Bertz CT molecular complexity index is 1310. The first-order valence-electron chi connectivity index (χ1n) is 13.2. The van der Waals surface area contributed by atoms with Crippen molar-refractivity contribution in [3.05, 3.63) is 65.7 Å². The van der Waals surface area contributed by atoms with Crippen LogP contribution in [0.2, 0.25) is 0 Å². The van der Waals surface area contributed by atoms with Crippen molar-refractivity contribution in [3.8, 4) is 17.1 Å². The summed E-state index contributed by atoms with van der Waals surface area (Å²) in [5.74, 6) is 1.98. The summed E-state index contributed by atoms with van der Waals surface area (Å²) in [7, 11) is 1.63. The minimum absolute atomic E-state index is 0.0472. The third kappa shape index (κ3) is 5.75. The minimum atomic E-state index is -4.36. The second-order valence-electron chi connectivity index (χ2n) is 10.3. The van der Waals surface area contributed by atoms with Gasteiger partial charge >= 0.3 is 6.18 Å². The Balaban J connectivity index is 1.22. The van der Waals surface area contributed by atoms with Gasteiger partial charge in [-0.15, -0.1) is 0 Å². The lowest BCUT2D eigenvalue weighted by molar-refractivity contribution is -0.137. The van der Waals surface area contributed by atoms with E-state index in [1.807, 2.05) is 23.1 Å². The van der Waals surface area contributed by atoms with Crippen molar-refractivity contribution < 1.29 is 27.1 Å². The molecule has 2 aromatic carbocycles. The first-order chi connectivity index (χ1) is 18.6. The van der Waals surface area contributed by atoms with Gasteiger partial charge in [-0.05, 0) is 56.1 Å². The Hall–Kier alpha value is -3.53. The fraction of sp³-hybridized carbons (Fsp3) is 0.448. The number of aromatic nitrogens is 1. The molecule has 2 aliphatic rings. The van der Waals surface area contributed by atoms with Gasteiger partial charge in [0.05, 0.1) is 31.0 Å². The zero-order valence-corrected chi connectivity index (χ0v) is 22.4. The highest BCUT2D eigenvalue weighted by Crippen LogP contribution is 2.36. The van der Waals surface area contributed by atoms with E-state index < -0.39 is 11.7 Å². The van der Waals surface area contributed by atoms with Crippen molar-refractivity contribution in [1.29, 1.82) is 0 Å². The molecule has 2 atom stereocenters. The number of nitrogens with zero attached hydrogens (tertiary/aromatic N) is 4. The number of carbonyl (C=O) groups excluding carboxylic acids is 1. The molecule has 3 heterocycles. The molecule has 0 spiro atoms. The number of hydrogen-bond donors (Lipinski definition) is 0.